The Kier molecular flexibility index (Phi) is 17.9. The van der Waals surface area contributed by atoms with Gasteiger partial charge in [0, 0.05) is 33.6 Å². The van der Waals surface area contributed by atoms with Crippen LogP contribution >= 0.6 is 0 Å². The molecule has 1 fully saturated rings. The van der Waals surface area contributed by atoms with Crippen LogP contribution in [0.5, 0.6) is 0 Å². The van der Waals surface area contributed by atoms with Crippen LogP contribution in [0.3, 0.4) is 0 Å². The van der Waals surface area contributed by atoms with E-state index in [4.69, 9.17) is 38.3 Å². The van der Waals surface area contributed by atoms with Crippen molar-refractivity contribution in [2.75, 3.05) is 46.0 Å². The lowest BCUT2D eigenvalue weighted by Crippen LogP contribution is -2.63. The first-order chi connectivity index (χ1) is 29.9. The molecule has 2 aliphatic rings. The van der Waals surface area contributed by atoms with E-state index in [1.54, 1.807) is 0 Å². The van der Waals surface area contributed by atoms with Crippen molar-refractivity contribution in [1.82, 2.24) is 26.6 Å². The van der Waals surface area contributed by atoms with Gasteiger partial charge in [-0.25, -0.2) is 4.79 Å². The Morgan fingerprint density at radius 3 is 1.62 bits per heavy atom. The summed E-state index contributed by atoms with van der Waals surface area (Å²) in [5.41, 5.74) is 3.70. The molecule has 2 unspecified atom stereocenters. The van der Waals surface area contributed by atoms with Crippen molar-refractivity contribution in [3.05, 3.63) is 59.7 Å². The van der Waals surface area contributed by atoms with Crippen molar-refractivity contribution < 1.29 is 86.2 Å². The fourth-order valence-corrected chi connectivity index (χ4v) is 6.49. The van der Waals surface area contributed by atoms with Crippen molar-refractivity contribution in [2.24, 2.45) is 0 Å². The van der Waals surface area contributed by atoms with Gasteiger partial charge >= 0.3 is 35.9 Å². The van der Waals surface area contributed by atoms with Gasteiger partial charge in [-0.15, -0.1) is 0 Å². The molecular formula is C40H47N5O18. The number of carbonyl (C=O) groups is 10. The zero-order chi connectivity index (χ0) is 46.2. The molecule has 1 heterocycles. The average molecular weight is 886 g/mol. The van der Waals surface area contributed by atoms with Crippen LogP contribution < -0.4 is 26.6 Å². The highest BCUT2D eigenvalue weighted by molar-refractivity contribution is 5.92. The van der Waals surface area contributed by atoms with Crippen LogP contribution in [0.1, 0.15) is 44.7 Å². The summed E-state index contributed by atoms with van der Waals surface area (Å²) in [4.78, 5) is 122. The number of carboxylic acids is 1. The molecule has 0 bridgehead atoms. The molecule has 23 heteroatoms. The second-order valence-electron chi connectivity index (χ2n) is 13.9. The predicted octanol–water partition coefficient (Wildman–Crippen LogP) is -1.46. The highest BCUT2D eigenvalue weighted by Crippen LogP contribution is 2.44. The largest absolute Gasteiger partial charge is 0.480 e. The number of hydrogen-bond donors (Lipinski definition) is 6. The van der Waals surface area contributed by atoms with Crippen LogP contribution in [0, 0.1) is 0 Å². The lowest BCUT2D eigenvalue weighted by Gasteiger charge is -2.44. The summed E-state index contributed by atoms with van der Waals surface area (Å²) in [6, 6.07) is 13.4. The average Bonchev–Trinajstić information content (AvgIpc) is 3.55. The number of fused-ring (bicyclic) bond motifs is 3. The summed E-state index contributed by atoms with van der Waals surface area (Å²) >= 11 is 0. The van der Waals surface area contributed by atoms with Gasteiger partial charge in [-0.1, -0.05) is 48.5 Å². The number of carbonyl (C=O) groups excluding carboxylic acids is 9. The van der Waals surface area contributed by atoms with E-state index >= 15 is 0 Å². The number of hydrogen-bond acceptors (Lipinski definition) is 17. The van der Waals surface area contributed by atoms with E-state index in [-0.39, 0.29) is 12.5 Å². The first-order valence-electron chi connectivity index (χ1n) is 19.3. The molecule has 4 rings (SSSR count). The fraction of sp³-hybridized carbons (Fsp3) is 0.450. The Morgan fingerprint density at radius 2 is 1.10 bits per heavy atom. The molecule has 6 atom stereocenters. The van der Waals surface area contributed by atoms with Crippen LogP contribution in [0.25, 0.3) is 11.1 Å². The molecule has 6 N–H and O–H groups in total. The van der Waals surface area contributed by atoms with Crippen molar-refractivity contribution in [2.45, 2.75) is 70.4 Å². The molecule has 0 aromatic heterocycles. The van der Waals surface area contributed by atoms with Gasteiger partial charge in [-0.05, 0) is 22.3 Å². The van der Waals surface area contributed by atoms with Crippen molar-refractivity contribution in [3.8, 4) is 11.1 Å². The molecular weight excluding hydrogens is 838 g/mol. The van der Waals surface area contributed by atoms with Crippen LogP contribution in [0.2, 0.25) is 0 Å². The van der Waals surface area contributed by atoms with Crippen LogP contribution in [-0.4, -0.2) is 147 Å². The van der Waals surface area contributed by atoms with E-state index in [2.05, 4.69) is 21.3 Å². The van der Waals surface area contributed by atoms with E-state index < -0.39 is 136 Å². The van der Waals surface area contributed by atoms with Crippen molar-refractivity contribution in [3.63, 3.8) is 0 Å². The lowest BCUT2D eigenvalue weighted by molar-refractivity contribution is -0.308. The Bertz CT molecular complexity index is 2020. The maximum Gasteiger partial charge on any atom is 0.407 e. The first-order valence-corrected chi connectivity index (χ1v) is 19.3. The number of carboxylic acid groups (broad SMARTS) is 1. The van der Waals surface area contributed by atoms with Gasteiger partial charge in [0.2, 0.25) is 23.6 Å². The summed E-state index contributed by atoms with van der Waals surface area (Å²) in [5.74, 6) is -8.71. The maximum absolute atomic E-state index is 13.6. The zero-order valence-electron chi connectivity index (χ0n) is 34.5. The molecule has 1 aliphatic carbocycles. The highest BCUT2D eigenvalue weighted by atomic mass is 16.7. The van der Waals surface area contributed by atoms with Crippen LogP contribution in [0.15, 0.2) is 48.5 Å². The molecule has 2 aromatic rings. The number of amides is 5. The summed E-state index contributed by atoms with van der Waals surface area (Å²) in [5, 5.41) is 19.7. The third-order valence-corrected chi connectivity index (χ3v) is 9.08. The van der Waals surface area contributed by atoms with E-state index in [1.807, 2.05) is 53.8 Å². The predicted molar refractivity (Wildman–Crippen MR) is 210 cm³/mol. The molecule has 340 valence electrons. The Morgan fingerprint density at radius 1 is 0.603 bits per heavy atom. The number of nitrogens with one attached hydrogen (secondary N) is 5. The van der Waals surface area contributed by atoms with Gasteiger partial charge in [0.25, 0.3) is 0 Å². The fourth-order valence-electron chi connectivity index (χ4n) is 6.49. The number of benzene rings is 2. The number of esters is 4. The van der Waals surface area contributed by atoms with E-state index in [9.17, 15) is 47.9 Å². The minimum atomic E-state index is -1.75. The second-order valence-corrected chi connectivity index (χ2v) is 13.9. The maximum atomic E-state index is 13.6. The smallest absolute Gasteiger partial charge is 0.407 e. The number of rotatable bonds is 20. The molecule has 1 aliphatic heterocycles. The molecule has 23 nitrogen and oxygen atoms in total. The summed E-state index contributed by atoms with van der Waals surface area (Å²) < 4.78 is 38.7. The first kappa shape index (κ1) is 48.5. The van der Waals surface area contributed by atoms with E-state index in [0.29, 0.717) is 0 Å². The van der Waals surface area contributed by atoms with Gasteiger partial charge in [0.05, 0.1) is 26.2 Å². The van der Waals surface area contributed by atoms with E-state index in [1.165, 1.54) is 0 Å². The van der Waals surface area contributed by atoms with Crippen LogP contribution in [-0.2, 0) is 76.3 Å². The zero-order valence-corrected chi connectivity index (χ0v) is 34.5. The highest BCUT2D eigenvalue weighted by Gasteiger charge is 2.53. The Balaban J connectivity index is 1.51. The Hall–Kier alpha value is -7.14. The number of ether oxygens (including phenoxy) is 7. The lowest BCUT2D eigenvalue weighted by atomic mass is 9.98. The monoisotopic (exact) mass is 885 g/mol. The second kappa shape index (κ2) is 23.2. The Labute approximate surface area is 359 Å². The van der Waals surface area contributed by atoms with Gasteiger partial charge in [-0.3, -0.25) is 43.2 Å². The van der Waals surface area contributed by atoms with Crippen molar-refractivity contribution in [1.29, 1.82) is 0 Å². The normalized spacial score (nSPS) is 19.0. The standard InChI is InChI=1S/C40H47N5O18/c1-20(46)57-19-30-35(60-21(2)47)36(61-22(3)48)37(62-23(4)49)39(63-30)58-18-29(38(55)44-15-33(52)42-13-31(50)41-14-32(51)43-16-34(53)54)45-40(56)59-17-28-26-11-7-5-9-24(26)25-10-6-8-12-27(25)28/h5-12,28-30,35-37,39H,13-19H2,1-4H3,(H,41,50)(H,42,52)(H,43,51)(H,44,55)(H,45,56)(H,53,54)/t29-,30?,35+,36-,37?,39+/m0/s1. The molecule has 0 radical (unpaired) electrons. The molecule has 1 saturated heterocycles. The van der Waals surface area contributed by atoms with Gasteiger partial charge < -0.3 is 64.8 Å². The summed E-state index contributed by atoms with van der Waals surface area (Å²) in [6.45, 7) is -0.0494. The van der Waals surface area contributed by atoms with Gasteiger partial charge in [-0.2, -0.15) is 0 Å². The SMILES string of the molecule is CC(=O)OCC1O[C@@H](OC[C@H](NC(=O)OCC2c3ccccc3-c3ccccc32)C(=O)NCC(=O)NCC(=O)NCC(=O)NCC(=O)O)C(OC(C)=O)[C@@H](OC(C)=O)[C@@H]1OC(C)=O. The minimum Gasteiger partial charge on any atom is -0.480 e. The molecule has 2 aromatic carbocycles. The topological polar surface area (TPSA) is 316 Å². The third-order valence-electron chi connectivity index (χ3n) is 9.08. The third kappa shape index (κ3) is 14.8. The van der Waals surface area contributed by atoms with Crippen molar-refractivity contribution >= 4 is 59.6 Å². The quantitative estimate of drug-likeness (QED) is 0.0654. The van der Waals surface area contributed by atoms with Gasteiger partial charge in [0.15, 0.2) is 24.6 Å². The van der Waals surface area contributed by atoms with E-state index in [0.717, 1.165) is 49.9 Å². The number of aliphatic carboxylic acids is 1. The molecule has 0 saturated carbocycles. The summed E-state index contributed by atoms with van der Waals surface area (Å²) in [7, 11) is 0. The molecule has 5 amide bonds. The minimum absolute atomic E-state index is 0.166. The van der Waals surface area contributed by atoms with Crippen LogP contribution in [0.4, 0.5) is 4.79 Å². The molecule has 0 spiro atoms. The molecule has 63 heavy (non-hydrogen) atoms. The number of alkyl carbamates (subject to hydrolysis) is 1. The van der Waals surface area contributed by atoms with Gasteiger partial charge in [0.1, 0.15) is 31.9 Å². The summed E-state index contributed by atoms with van der Waals surface area (Å²) in [6.07, 6.45) is -9.06.